The van der Waals surface area contributed by atoms with Gasteiger partial charge in [-0.05, 0) is 30.4 Å². The second-order valence-electron chi connectivity index (χ2n) is 5.90. The van der Waals surface area contributed by atoms with Gasteiger partial charge in [0, 0.05) is 31.8 Å². The highest BCUT2D eigenvalue weighted by atomic mass is 16.6. The Hall–Kier alpha value is -2.11. The van der Waals surface area contributed by atoms with Crippen LogP contribution in [0.5, 0.6) is 0 Å². The number of likely N-dealkylation sites (tertiary alicyclic amines) is 1. The van der Waals surface area contributed by atoms with E-state index in [1.807, 2.05) is 4.90 Å². The summed E-state index contributed by atoms with van der Waals surface area (Å²) in [5, 5.41) is 13.7. The zero-order valence-electron chi connectivity index (χ0n) is 12.6. The van der Waals surface area contributed by atoms with Crippen LogP contribution in [0.15, 0.2) is 18.2 Å². The van der Waals surface area contributed by atoms with Crippen molar-refractivity contribution in [2.45, 2.75) is 20.3 Å². The molecule has 1 aliphatic rings. The van der Waals surface area contributed by atoms with Gasteiger partial charge in [0.15, 0.2) is 0 Å². The Morgan fingerprint density at radius 2 is 1.95 bits per heavy atom. The van der Waals surface area contributed by atoms with Crippen LogP contribution in [-0.2, 0) is 0 Å². The Morgan fingerprint density at radius 3 is 2.48 bits per heavy atom. The predicted molar refractivity (Wildman–Crippen MR) is 81.5 cm³/mol. The van der Waals surface area contributed by atoms with Gasteiger partial charge < -0.3 is 10.2 Å². The number of nitrogens with zero attached hydrogens (tertiary/aromatic N) is 2. The lowest BCUT2D eigenvalue weighted by Gasteiger charge is -2.35. The molecule has 1 saturated heterocycles. The van der Waals surface area contributed by atoms with E-state index in [9.17, 15) is 14.9 Å². The lowest BCUT2D eigenvalue weighted by molar-refractivity contribution is -0.383. The Bertz CT molecular complexity index is 549. The smallest absolute Gasteiger partial charge is 0.292 e. The highest BCUT2D eigenvalue weighted by Crippen LogP contribution is 2.27. The number of hydrogen-bond donors (Lipinski definition) is 1. The second kappa shape index (κ2) is 6.11. The van der Waals surface area contributed by atoms with Gasteiger partial charge in [-0.1, -0.05) is 13.8 Å². The molecule has 1 aromatic rings. The summed E-state index contributed by atoms with van der Waals surface area (Å²) in [5.41, 5.74) is 0.838. The van der Waals surface area contributed by atoms with Crippen molar-refractivity contribution in [2.75, 3.05) is 25.5 Å². The van der Waals surface area contributed by atoms with Crippen molar-refractivity contribution in [3.8, 4) is 0 Å². The molecule has 1 fully saturated rings. The summed E-state index contributed by atoms with van der Waals surface area (Å²) >= 11 is 0. The van der Waals surface area contributed by atoms with Crippen molar-refractivity contribution in [1.29, 1.82) is 0 Å². The van der Waals surface area contributed by atoms with Gasteiger partial charge >= 0.3 is 0 Å². The van der Waals surface area contributed by atoms with Crippen LogP contribution in [-0.4, -0.2) is 35.9 Å². The van der Waals surface area contributed by atoms with E-state index in [1.54, 1.807) is 13.1 Å². The lowest BCUT2D eigenvalue weighted by atomic mass is 9.91. The van der Waals surface area contributed by atoms with Crippen molar-refractivity contribution < 1.29 is 9.72 Å². The standard InChI is InChI=1S/C15H21N3O3/c1-10-6-11(2)9-17(8-10)15(19)12-4-5-14(18(20)21)13(7-12)16-3/h4-5,7,10-11,16H,6,8-9H2,1-3H3. The maximum absolute atomic E-state index is 12.6. The third kappa shape index (κ3) is 3.32. The summed E-state index contributed by atoms with van der Waals surface area (Å²) < 4.78 is 0. The van der Waals surface area contributed by atoms with E-state index in [2.05, 4.69) is 19.2 Å². The van der Waals surface area contributed by atoms with Crippen molar-refractivity contribution in [1.82, 2.24) is 4.90 Å². The van der Waals surface area contributed by atoms with Gasteiger partial charge in [0.05, 0.1) is 4.92 Å². The van der Waals surface area contributed by atoms with E-state index in [0.717, 1.165) is 19.5 Å². The maximum Gasteiger partial charge on any atom is 0.292 e. The molecule has 0 aliphatic carbocycles. The highest BCUT2D eigenvalue weighted by Gasteiger charge is 2.27. The first-order valence-electron chi connectivity index (χ1n) is 7.17. The molecule has 0 spiro atoms. The second-order valence-corrected chi connectivity index (χ2v) is 5.90. The molecule has 0 saturated carbocycles. The highest BCUT2D eigenvalue weighted by molar-refractivity contribution is 5.96. The van der Waals surface area contributed by atoms with Crippen molar-refractivity contribution in [3.05, 3.63) is 33.9 Å². The molecule has 21 heavy (non-hydrogen) atoms. The number of nitro groups is 1. The summed E-state index contributed by atoms with van der Waals surface area (Å²) in [7, 11) is 1.61. The average molecular weight is 291 g/mol. The van der Waals surface area contributed by atoms with E-state index >= 15 is 0 Å². The fourth-order valence-electron chi connectivity index (χ4n) is 3.04. The minimum Gasteiger partial charge on any atom is -0.383 e. The topological polar surface area (TPSA) is 75.5 Å². The fourth-order valence-corrected chi connectivity index (χ4v) is 3.04. The molecule has 1 aliphatic heterocycles. The van der Waals surface area contributed by atoms with Crippen molar-refractivity contribution >= 4 is 17.3 Å². The number of nitro benzene ring substituents is 1. The first kappa shape index (κ1) is 15.3. The summed E-state index contributed by atoms with van der Waals surface area (Å²) in [6.45, 7) is 5.78. The van der Waals surface area contributed by atoms with Crippen LogP contribution in [0.1, 0.15) is 30.6 Å². The minimum atomic E-state index is -0.453. The molecule has 2 rings (SSSR count). The van der Waals surface area contributed by atoms with Crippen LogP contribution in [0.25, 0.3) is 0 Å². The summed E-state index contributed by atoms with van der Waals surface area (Å²) in [6, 6.07) is 4.48. The Balaban J connectivity index is 2.25. The largest absolute Gasteiger partial charge is 0.383 e. The number of benzene rings is 1. The molecule has 0 aromatic heterocycles. The zero-order chi connectivity index (χ0) is 15.6. The fraction of sp³-hybridized carbons (Fsp3) is 0.533. The van der Waals surface area contributed by atoms with Gasteiger partial charge in [0.25, 0.3) is 11.6 Å². The molecule has 2 atom stereocenters. The lowest BCUT2D eigenvalue weighted by Crippen LogP contribution is -2.42. The molecule has 1 heterocycles. The number of amides is 1. The molecular formula is C15H21N3O3. The molecule has 1 aromatic carbocycles. The summed E-state index contributed by atoms with van der Waals surface area (Å²) in [4.78, 5) is 24.9. The number of nitrogens with one attached hydrogen (secondary N) is 1. The van der Waals surface area contributed by atoms with Gasteiger partial charge in [-0.15, -0.1) is 0 Å². The predicted octanol–water partition coefficient (Wildman–Crippen LogP) is 2.75. The number of anilines is 1. The van der Waals surface area contributed by atoms with Crippen molar-refractivity contribution in [2.24, 2.45) is 11.8 Å². The van der Waals surface area contributed by atoms with Gasteiger partial charge in [-0.25, -0.2) is 0 Å². The van der Waals surface area contributed by atoms with Crippen LogP contribution < -0.4 is 5.32 Å². The quantitative estimate of drug-likeness (QED) is 0.686. The summed E-state index contributed by atoms with van der Waals surface area (Å²) in [5.74, 6) is 0.916. The maximum atomic E-state index is 12.6. The molecule has 0 bridgehead atoms. The Labute approximate surface area is 124 Å². The van der Waals surface area contributed by atoms with Gasteiger partial charge in [-0.3, -0.25) is 14.9 Å². The van der Waals surface area contributed by atoms with E-state index in [-0.39, 0.29) is 11.6 Å². The first-order chi connectivity index (χ1) is 9.92. The third-order valence-electron chi connectivity index (χ3n) is 3.87. The number of carbonyl (C=O) groups is 1. The van der Waals surface area contributed by atoms with Crippen molar-refractivity contribution in [3.63, 3.8) is 0 Å². The van der Waals surface area contributed by atoms with Gasteiger partial charge in [0.2, 0.25) is 0 Å². The van der Waals surface area contributed by atoms with Crippen LogP contribution in [0.3, 0.4) is 0 Å². The number of carbonyl (C=O) groups excluding carboxylic acids is 1. The van der Waals surface area contributed by atoms with Crippen LogP contribution in [0, 0.1) is 22.0 Å². The van der Waals surface area contributed by atoms with Gasteiger partial charge in [0.1, 0.15) is 5.69 Å². The molecule has 0 radical (unpaired) electrons. The number of rotatable bonds is 3. The molecule has 114 valence electrons. The van der Waals surface area contributed by atoms with E-state index in [4.69, 9.17) is 0 Å². The molecule has 1 N–H and O–H groups in total. The van der Waals surface area contributed by atoms with Crippen LogP contribution >= 0.6 is 0 Å². The van der Waals surface area contributed by atoms with Crippen LogP contribution in [0.4, 0.5) is 11.4 Å². The van der Waals surface area contributed by atoms with Gasteiger partial charge in [-0.2, -0.15) is 0 Å². The number of hydrogen-bond acceptors (Lipinski definition) is 4. The van der Waals surface area contributed by atoms with E-state index in [1.165, 1.54) is 12.1 Å². The minimum absolute atomic E-state index is 0.0190. The number of piperidine rings is 1. The van der Waals surface area contributed by atoms with E-state index in [0.29, 0.717) is 23.1 Å². The van der Waals surface area contributed by atoms with E-state index < -0.39 is 4.92 Å². The monoisotopic (exact) mass is 291 g/mol. The Kier molecular flexibility index (Phi) is 4.45. The van der Waals surface area contributed by atoms with Crippen LogP contribution in [0.2, 0.25) is 0 Å². The Morgan fingerprint density at radius 1 is 1.33 bits per heavy atom. The third-order valence-corrected chi connectivity index (χ3v) is 3.87. The SMILES string of the molecule is CNc1cc(C(=O)N2CC(C)CC(C)C2)ccc1[N+](=O)[O-]. The normalized spacial score (nSPS) is 22.0. The average Bonchev–Trinajstić information content (AvgIpc) is 2.44. The first-order valence-corrected chi connectivity index (χ1v) is 7.17. The molecular weight excluding hydrogens is 270 g/mol. The summed E-state index contributed by atoms with van der Waals surface area (Å²) in [6.07, 6.45) is 1.13. The molecule has 2 unspecified atom stereocenters. The molecule has 6 nitrogen and oxygen atoms in total. The molecule has 6 heteroatoms. The molecule has 1 amide bonds. The zero-order valence-corrected chi connectivity index (χ0v) is 12.6.